The van der Waals surface area contributed by atoms with Gasteiger partial charge in [0, 0.05) is 24.6 Å². The van der Waals surface area contributed by atoms with Gasteiger partial charge in [-0.15, -0.1) is 0 Å². The number of alkyl halides is 1. The number of rotatable bonds is 17. The number of aliphatic hydroxyl groups is 1. The highest BCUT2D eigenvalue weighted by atomic mass is 31.1. The van der Waals surface area contributed by atoms with E-state index in [0.717, 1.165) is 49.2 Å². The number of ether oxygens (including phenoxy) is 1. The Morgan fingerprint density at radius 1 is 1.11 bits per heavy atom. The van der Waals surface area contributed by atoms with E-state index in [0.29, 0.717) is 38.7 Å². The molecule has 5 atom stereocenters. The molecule has 9 heteroatoms. The Labute approximate surface area is 229 Å². The Hall–Kier alpha value is -1.88. The third-order valence-electron chi connectivity index (χ3n) is 7.10. The minimum absolute atomic E-state index is 0.0954. The molecule has 0 aliphatic carbocycles. The Morgan fingerprint density at radius 2 is 1.87 bits per heavy atom. The number of aromatic amines is 1. The number of nitrogens with one attached hydrogen (secondary N) is 2. The highest BCUT2D eigenvalue weighted by molar-refractivity contribution is 7.35. The first-order valence-electron chi connectivity index (χ1n) is 13.4. The molecular formula is C29H41FN2O4P2. The quantitative estimate of drug-likeness (QED) is 0.131. The van der Waals surface area contributed by atoms with Crippen molar-refractivity contribution in [2.75, 3.05) is 25.9 Å². The second kappa shape index (κ2) is 15.6. The molecule has 5 unspecified atom stereocenters. The van der Waals surface area contributed by atoms with Crippen LogP contribution in [0.15, 0.2) is 59.4 Å². The molecule has 0 amide bonds. The lowest BCUT2D eigenvalue weighted by Gasteiger charge is -2.31. The molecule has 3 aromatic rings. The number of unbranched alkanes of at least 4 members (excludes halogenated alkanes) is 3. The van der Waals surface area contributed by atoms with E-state index in [9.17, 15) is 9.90 Å². The zero-order chi connectivity index (χ0) is 27.4. The van der Waals surface area contributed by atoms with E-state index in [1.54, 1.807) is 12.1 Å². The van der Waals surface area contributed by atoms with Crippen LogP contribution in [0.2, 0.25) is 0 Å². The average Bonchev–Trinajstić information content (AvgIpc) is 2.94. The average molecular weight is 563 g/mol. The maximum Gasteiger partial charge on any atom is 0.248 e. The monoisotopic (exact) mass is 562 g/mol. The summed E-state index contributed by atoms with van der Waals surface area (Å²) in [5, 5.41) is 14.8. The van der Waals surface area contributed by atoms with Crippen LogP contribution < -0.4 is 15.2 Å². The van der Waals surface area contributed by atoms with Crippen LogP contribution in [0.25, 0.3) is 10.9 Å². The van der Waals surface area contributed by atoms with Crippen LogP contribution in [0.3, 0.4) is 0 Å². The molecule has 3 rings (SSSR count). The van der Waals surface area contributed by atoms with Gasteiger partial charge in [0.05, 0.1) is 27.7 Å². The van der Waals surface area contributed by atoms with E-state index in [4.69, 9.17) is 9.26 Å². The summed E-state index contributed by atoms with van der Waals surface area (Å²) >= 11 is 0. The number of aromatic nitrogens is 1. The highest BCUT2D eigenvalue weighted by Gasteiger charge is 2.37. The second-order valence-corrected chi connectivity index (χ2v) is 11.2. The molecule has 0 radical (unpaired) electrons. The van der Waals surface area contributed by atoms with Gasteiger partial charge in [0.2, 0.25) is 5.56 Å². The molecule has 0 aliphatic heterocycles. The standard InChI is InChI=1S/C29H41FN2O4P2/c1-3-21(2)29(30,22-11-7-6-8-12-22)20-35-17-9-4-5-10-18-38-31-19-25(33)23-13-15-26(36-37)28-24(23)14-16-27(34)32-28/h6-8,11-16,21,25,31,33,38H,3-5,9-10,17-20,37H2,1-2H3,(H,32,34). The number of hydrogen-bond acceptors (Lipinski definition) is 5. The number of hydrogen-bond donors (Lipinski definition) is 3. The molecule has 0 saturated heterocycles. The van der Waals surface area contributed by atoms with Crippen LogP contribution in [0, 0.1) is 5.92 Å². The fourth-order valence-electron chi connectivity index (χ4n) is 4.54. The zero-order valence-corrected chi connectivity index (χ0v) is 24.5. The first kappa shape index (κ1) is 30.7. The van der Waals surface area contributed by atoms with Crippen molar-refractivity contribution < 1.29 is 18.8 Å². The van der Waals surface area contributed by atoms with Crippen LogP contribution in [0.4, 0.5) is 4.39 Å². The first-order valence-corrected chi connectivity index (χ1v) is 15.1. The molecule has 0 fully saturated rings. The van der Waals surface area contributed by atoms with Gasteiger partial charge in [-0.3, -0.25) is 9.88 Å². The topological polar surface area (TPSA) is 83.6 Å². The summed E-state index contributed by atoms with van der Waals surface area (Å²) < 4.78 is 26.8. The smallest absolute Gasteiger partial charge is 0.248 e. The van der Waals surface area contributed by atoms with E-state index in [1.807, 2.05) is 50.2 Å². The van der Waals surface area contributed by atoms with Gasteiger partial charge < -0.3 is 19.4 Å². The van der Waals surface area contributed by atoms with Gasteiger partial charge >= 0.3 is 0 Å². The Balaban J connectivity index is 1.31. The van der Waals surface area contributed by atoms with E-state index in [2.05, 4.69) is 19.5 Å². The second-order valence-electron chi connectivity index (χ2n) is 9.71. The number of halogens is 1. The van der Waals surface area contributed by atoms with Crippen molar-refractivity contribution in [3.63, 3.8) is 0 Å². The summed E-state index contributed by atoms with van der Waals surface area (Å²) in [4.78, 5) is 14.5. The van der Waals surface area contributed by atoms with Crippen LogP contribution in [-0.4, -0.2) is 36.0 Å². The van der Waals surface area contributed by atoms with Crippen molar-refractivity contribution in [2.45, 2.75) is 57.7 Å². The zero-order valence-electron chi connectivity index (χ0n) is 22.3. The normalized spacial score (nSPS) is 15.1. The van der Waals surface area contributed by atoms with E-state index in [-0.39, 0.29) is 18.1 Å². The van der Waals surface area contributed by atoms with Crippen LogP contribution >= 0.6 is 18.2 Å². The Morgan fingerprint density at radius 3 is 2.61 bits per heavy atom. The maximum atomic E-state index is 15.8. The molecule has 208 valence electrons. The lowest BCUT2D eigenvalue weighted by molar-refractivity contribution is -0.0250. The van der Waals surface area contributed by atoms with Crippen molar-refractivity contribution in [2.24, 2.45) is 5.92 Å². The fraction of sp³-hybridized carbons (Fsp3) is 0.483. The number of fused-ring (bicyclic) bond motifs is 1. The van der Waals surface area contributed by atoms with Gasteiger partial charge in [-0.25, -0.2) is 4.39 Å². The van der Waals surface area contributed by atoms with Crippen LogP contribution in [0.5, 0.6) is 5.75 Å². The molecule has 38 heavy (non-hydrogen) atoms. The third kappa shape index (κ3) is 8.31. The van der Waals surface area contributed by atoms with Gasteiger partial charge in [0.25, 0.3) is 0 Å². The number of aliphatic hydroxyl groups excluding tert-OH is 1. The minimum atomic E-state index is -1.46. The van der Waals surface area contributed by atoms with Gasteiger partial charge in [-0.1, -0.05) is 78.2 Å². The SMILES string of the molecule is CCC(C)C(F)(COCCCCCCPNCC(O)c1ccc(OP)c2[nH]c(=O)ccc12)c1ccccc1. The van der Waals surface area contributed by atoms with Crippen LogP contribution in [-0.2, 0) is 10.4 Å². The summed E-state index contributed by atoms with van der Waals surface area (Å²) in [5.41, 5.74) is 0.348. The summed E-state index contributed by atoms with van der Waals surface area (Å²) in [6, 6.07) is 16.1. The van der Waals surface area contributed by atoms with Gasteiger partial charge in [-0.2, -0.15) is 0 Å². The van der Waals surface area contributed by atoms with E-state index >= 15 is 4.39 Å². The van der Waals surface area contributed by atoms with Crippen molar-refractivity contribution in [3.8, 4) is 5.75 Å². The van der Waals surface area contributed by atoms with E-state index in [1.165, 1.54) is 6.07 Å². The van der Waals surface area contributed by atoms with Crippen LogP contribution in [0.1, 0.15) is 63.2 Å². The Bertz CT molecular complexity index is 1180. The highest BCUT2D eigenvalue weighted by Crippen LogP contribution is 2.36. The van der Waals surface area contributed by atoms with Gasteiger partial charge in [0.1, 0.15) is 5.75 Å². The van der Waals surface area contributed by atoms with Gasteiger partial charge in [0.15, 0.2) is 5.67 Å². The largest absolute Gasteiger partial charge is 0.478 e. The molecule has 2 aromatic carbocycles. The van der Waals surface area contributed by atoms with Crippen molar-refractivity contribution in [1.82, 2.24) is 10.1 Å². The lowest BCUT2D eigenvalue weighted by Crippen LogP contribution is -2.34. The van der Waals surface area contributed by atoms with Gasteiger partial charge in [-0.05, 0) is 48.2 Å². The molecule has 0 aliphatic rings. The minimum Gasteiger partial charge on any atom is -0.478 e. The molecule has 1 heterocycles. The number of pyridine rings is 1. The maximum absolute atomic E-state index is 15.8. The summed E-state index contributed by atoms with van der Waals surface area (Å²) in [5.74, 6) is 0.429. The predicted molar refractivity (Wildman–Crippen MR) is 159 cm³/mol. The summed E-state index contributed by atoms with van der Waals surface area (Å²) in [6.07, 6.45) is 5.27. The molecule has 0 saturated carbocycles. The van der Waals surface area contributed by atoms with E-state index < -0.39 is 11.8 Å². The molecule has 6 nitrogen and oxygen atoms in total. The fourth-order valence-corrected chi connectivity index (χ4v) is 5.68. The summed E-state index contributed by atoms with van der Waals surface area (Å²) in [7, 11) is 2.73. The molecule has 0 bridgehead atoms. The first-order chi connectivity index (χ1) is 18.4. The molecule has 3 N–H and O–H groups in total. The van der Waals surface area contributed by atoms with Crippen molar-refractivity contribution >= 4 is 29.1 Å². The van der Waals surface area contributed by atoms with Crippen molar-refractivity contribution in [3.05, 3.63) is 76.1 Å². The predicted octanol–water partition coefficient (Wildman–Crippen LogP) is 6.40. The summed E-state index contributed by atoms with van der Waals surface area (Å²) in [6.45, 7) is 5.07. The molecular weight excluding hydrogens is 521 g/mol. The number of H-pyrrole nitrogens is 1. The molecule has 1 aromatic heterocycles. The lowest BCUT2D eigenvalue weighted by atomic mass is 9.83. The van der Waals surface area contributed by atoms with Crippen molar-refractivity contribution in [1.29, 1.82) is 0 Å². The third-order valence-corrected chi connectivity index (χ3v) is 8.41. The number of benzene rings is 2. The Kier molecular flexibility index (Phi) is 12.6. The molecule has 0 spiro atoms.